The van der Waals surface area contributed by atoms with Gasteiger partial charge in [0.1, 0.15) is 0 Å². The Kier molecular flexibility index (Phi) is 4.82. The molecule has 4 nitrogen and oxygen atoms in total. The predicted octanol–water partition coefficient (Wildman–Crippen LogP) is 3.73. The number of benzene rings is 1. The van der Waals surface area contributed by atoms with Crippen LogP contribution in [0, 0.1) is 0 Å². The Bertz CT molecular complexity index is 575. The van der Waals surface area contributed by atoms with Crippen molar-refractivity contribution in [2.75, 3.05) is 6.54 Å². The van der Waals surface area contributed by atoms with E-state index >= 15 is 0 Å². The highest BCUT2D eigenvalue weighted by molar-refractivity contribution is 6.43. The van der Waals surface area contributed by atoms with Crippen LogP contribution in [-0.2, 0) is 6.42 Å². The number of rotatable bonds is 4. The van der Waals surface area contributed by atoms with Gasteiger partial charge in [0, 0.05) is 18.5 Å². The lowest BCUT2D eigenvalue weighted by molar-refractivity contribution is 0.441. The molecule has 0 radical (unpaired) electrons. The zero-order valence-corrected chi connectivity index (χ0v) is 12.0. The maximum Gasteiger partial charge on any atom is 0.321 e. The Balaban J connectivity index is 2.19. The van der Waals surface area contributed by atoms with Crippen LogP contribution in [0.25, 0.3) is 0 Å². The number of hydrogen-bond acceptors (Lipinski definition) is 4. The molecule has 0 bridgehead atoms. The van der Waals surface area contributed by atoms with Crippen molar-refractivity contribution < 1.29 is 4.74 Å². The van der Waals surface area contributed by atoms with Crippen molar-refractivity contribution in [1.29, 1.82) is 0 Å². The first kappa shape index (κ1) is 14.3. The molecule has 0 aliphatic rings. The summed E-state index contributed by atoms with van der Waals surface area (Å²) in [5.74, 6) is 0.350. The summed E-state index contributed by atoms with van der Waals surface area (Å²) in [5.41, 5.74) is 6.38. The normalized spacial score (nSPS) is 10.5. The van der Waals surface area contributed by atoms with Gasteiger partial charge in [-0.15, -0.1) is 0 Å². The van der Waals surface area contributed by atoms with Gasteiger partial charge in [-0.2, -0.15) is 0 Å². The molecule has 0 spiro atoms. The van der Waals surface area contributed by atoms with Gasteiger partial charge in [0.25, 0.3) is 0 Å². The molecular weight excluding hydrogens is 309 g/mol. The number of aromatic nitrogens is 2. The lowest BCUT2D eigenvalue weighted by Gasteiger charge is -2.07. The molecule has 0 saturated carbocycles. The Labute approximate surface area is 125 Å². The smallest absolute Gasteiger partial charge is 0.321 e. The van der Waals surface area contributed by atoms with Crippen molar-refractivity contribution in [2.45, 2.75) is 6.42 Å². The molecule has 2 rings (SSSR count). The van der Waals surface area contributed by atoms with E-state index in [1.165, 1.54) is 12.1 Å². The van der Waals surface area contributed by atoms with E-state index in [1.807, 2.05) is 0 Å². The van der Waals surface area contributed by atoms with E-state index in [0.29, 0.717) is 33.8 Å². The fraction of sp³-hybridized carbons (Fsp3) is 0.167. The molecule has 2 N–H and O–H groups in total. The van der Waals surface area contributed by atoms with Crippen molar-refractivity contribution >= 4 is 34.8 Å². The molecule has 0 atom stereocenters. The fourth-order valence-electron chi connectivity index (χ4n) is 1.37. The van der Waals surface area contributed by atoms with E-state index in [0.717, 1.165) is 5.56 Å². The molecule has 1 heterocycles. The topological polar surface area (TPSA) is 61.0 Å². The average Bonchev–Trinajstić information content (AvgIpc) is 2.38. The number of halogens is 3. The van der Waals surface area contributed by atoms with Crippen LogP contribution < -0.4 is 10.5 Å². The fourth-order valence-corrected chi connectivity index (χ4v) is 1.95. The summed E-state index contributed by atoms with van der Waals surface area (Å²) in [6.07, 6.45) is 4.02. The molecule has 0 fully saturated rings. The molecule has 0 amide bonds. The number of nitrogens with zero attached hydrogens (tertiary/aromatic N) is 2. The van der Waals surface area contributed by atoms with E-state index in [1.54, 1.807) is 12.4 Å². The van der Waals surface area contributed by atoms with Crippen molar-refractivity contribution in [3.05, 3.63) is 45.2 Å². The van der Waals surface area contributed by atoms with Crippen LogP contribution in [0.15, 0.2) is 24.5 Å². The van der Waals surface area contributed by atoms with Crippen molar-refractivity contribution in [3.8, 4) is 11.8 Å². The van der Waals surface area contributed by atoms with Crippen LogP contribution in [0.4, 0.5) is 0 Å². The minimum absolute atomic E-state index is 0.182. The molecule has 100 valence electrons. The lowest BCUT2D eigenvalue weighted by Crippen LogP contribution is -2.03. The third-order valence-electron chi connectivity index (χ3n) is 2.29. The van der Waals surface area contributed by atoms with Gasteiger partial charge in [-0.3, -0.25) is 0 Å². The van der Waals surface area contributed by atoms with Gasteiger partial charge in [0.05, 0.1) is 15.1 Å². The van der Waals surface area contributed by atoms with Crippen LogP contribution in [0.1, 0.15) is 5.56 Å². The van der Waals surface area contributed by atoms with E-state index in [2.05, 4.69) is 9.97 Å². The molecule has 0 saturated heterocycles. The maximum absolute atomic E-state index is 5.99. The Morgan fingerprint density at radius 3 is 2.26 bits per heavy atom. The summed E-state index contributed by atoms with van der Waals surface area (Å²) >= 11 is 17.7. The molecule has 1 aromatic carbocycles. The molecule has 0 aliphatic carbocycles. The summed E-state index contributed by atoms with van der Waals surface area (Å²) < 4.78 is 5.45. The van der Waals surface area contributed by atoms with Crippen molar-refractivity contribution in [2.24, 2.45) is 5.73 Å². The zero-order chi connectivity index (χ0) is 13.8. The third kappa shape index (κ3) is 3.70. The number of ether oxygens (including phenoxy) is 1. The molecule has 19 heavy (non-hydrogen) atoms. The standard InChI is InChI=1S/C12H10Cl3N3O/c13-8-3-10(15)11(4-9(8)14)19-12-17-5-7(1-2-16)6-18-12/h3-6H,1-2,16H2. The Morgan fingerprint density at radius 1 is 1.00 bits per heavy atom. The molecule has 0 aliphatic heterocycles. The van der Waals surface area contributed by atoms with Crippen LogP contribution >= 0.6 is 34.8 Å². The van der Waals surface area contributed by atoms with Crippen LogP contribution in [0.5, 0.6) is 11.8 Å². The summed E-state index contributed by atoms with van der Waals surface area (Å²) in [7, 11) is 0. The number of nitrogens with two attached hydrogens (primary N) is 1. The lowest BCUT2D eigenvalue weighted by atomic mass is 10.2. The monoisotopic (exact) mass is 317 g/mol. The summed E-state index contributed by atoms with van der Waals surface area (Å²) in [4.78, 5) is 8.12. The highest BCUT2D eigenvalue weighted by Crippen LogP contribution is 2.35. The van der Waals surface area contributed by atoms with Crippen molar-refractivity contribution in [3.63, 3.8) is 0 Å². The van der Waals surface area contributed by atoms with Gasteiger partial charge in [0.15, 0.2) is 5.75 Å². The van der Waals surface area contributed by atoms with Crippen LogP contribution in [0.2, 0.25) is 15.1 Å². The van der Waals surface area contributed by atoms with E-state index in [4.69, 9.17) is 45.3 Å². The maximum atomic E-state index is 5.99. The first-order chi connectivity index (χ1) is 9.10. The van der Waals surface area contributed by atoms with Gasteiger partial charge in [-0.1, -0.05) is 34.8 Å². The largest absolute Gasteiger partial charge is 0.423 e. The van der Waals surface area contributed by atoms with Gasteiger partial charge < -0.3 is 10.5 Å². The van der Waals surface area contributed by atoms with Gasteiger partial charge in [-0.25, -0.2) is 9.97 Å². The first-order valence-electron chi connectivity index (χ1n) is 5.43. The zero-order valence-electron chi connectivity index (χ0n) is 9.74. The molecule has 2 aromatic rings. The second-order valence-electron chi connectivity index (χ2n) is 3.71. The molecule has 7 heteroatoms. The number of hydrogen-bond donors (Lipinski definition) is 1. The molecule has 0 unspecified atom stereocenters. The highest BCUT2D eigenvalue weighted by atomic mass is 35.5. The minimum atomic E-state index is 0.182. The summed E-state index contributed by atoms with van der Waals surface area (Å²) in [5, 5.41) is 1.04. The Morgan fingerprint density at radius 2 is 1.63 bits per heavy atom. The quantitative estimate of drug-likeness (QED) is 0.873. The Hall–Kier alpha value is -1.07. The second kappa shape index (κ2) is 6.39. The SMILES string of the molecule is NCCc1cnc(Oc2cc(Cl)c(Cl)cc2Cl)nc1. The average molecular weight is 319 g/mol. The molecular formula is C12H10Cl3N3O. The van der Waals surface area contributed by atoms with Gasteiger partial charge >= 0.3 is 6.01 Å². The summed E-state index contributed by atoms with van der Waals surface area (Å²) in [6, 6.07) is 3.20. The van der Waals surface area contributed by atoms with Gasteiger partial charge in [0.2, 0.25) is 0 Å². The van der Waals surface area contributed by atoms with Crippen LogP contribution in [-0.4, -0.2) is 16.5 Å². The van der Waals surface area contributed by atoms with Crippen LogP contribution in [0.3, 0.4) is 0 Å². The van der Waals surface area contributed by atoms with E-state index in [9.17, 15) is 0 Å². The van der Waals surface area contributed by atoms with E-state index in [-0.39, 0.29) is 6.01 Å². The first-order valence-corrected chi connectivity index (χ1v) is 6.57. The minimum Gasteiger partial charge on any atom is -0.423 e. The third-order valence-corrected chi connectivity index (χ3v) is 3.31. The summed E-state index contributed by atoms with van der Waals surface area (Å²) in [6.45, 7) is 0.544. The van der Waals surface area contributed by atoms with Gasteiger partial charge in [-0.05, 0) is 24.6 Å². The molecule has 1 aromatic heterocycles. The highest BCUT2D eigenvalue weighted by Gasteiger charge is 2.09. The van der Waals surface area contributed by atoms with Crippen molar-refractivity contribution in [1.82, 2.24) is 9.97 Å². The predicted molar refractivity (Wildman–Crippen MR) is 76.3 cm³/mol. The second-order valence-corrected chi connectivity index (χ2v) is 4.93. The van der Waals surface area contributed by atoms with E-state index < -0.39 is 0 Å².